The summed E-state index contributed by atoms with van der Waals surface area (Å²) in [6, 6.07) is 0.675. The van der Waals surface area contributed by atoms with Crippen molar-refractivity contribution in [3.8, 4) is 0 Å². The minimum Gasteiger partial charge on any atom is -0.481 e. The summed E-state index contributed by atoms with van der Waals surface area (Å²) in [7, 11) is 0. The van der Waals surface area contributed by atoms with Crippen molar-refractivity contribution in [3.63, 3.8) is 0 Å². The zero-order chi connectivity index (χ0) is 14.8. The van der Waals surface area contributed by atoms with Crippen molar-refractivity contribution < 1.29 is 9.90 Å². The number of piperidine rings is 1. The van der Waals surface area contributed by atoms with Crippen LogP contribution in [0.4, 0.5) is 0 Å². The van der Waals surface area contributed by atoms with E-state index in [4.69, 9.17) is 5.11 Å². The maximum absolute atomic E-state index is 10.9. The van der Waals surface area contributed by atoms with Crippen molar-refractivity contribution in [1.82, 2.24) is 14.5 Å². The van der Waals surface area contributed by atoms with Crippen molar-refractivity contribution in [2.24, 2.45) is 11.8 Å². The van der Waals surface area contributed by atoms with Crippen LogP contribution in [0.3, 0.4) is 0 Å². The third-order valence-corrected chi connectivity index (χ3v) is 4.92. The van der Waals surface area contributed by atoms with Crippen LogP contribution in [0.2, 0.25) is 0 Å². The second-order valence-electron chi connectivity index (χ2n) is 6.74. The van der Waals surface area contributed by atoms with Crippen molar-refractivity contribution in [1.29, 1.82) is 0 Å². The monoisotopic (exact) mass is 291 g/mol. The molecule has 1 saturated carbocycles. The summed E-state index contributed by atoms with van der Waals surface area (Å²) >= 11 is 0. The number of carboxylic acid groups (broad SMARTS) is 1. The van der Waals surface area contributed by atoms with Crippen LogP contribution in [0.1, 0.15) is 50.8 Å². The number of hydrogen-bond donors (Lipinski definition) is 1. The van der Waals surface area contributed by atoms with E-state index in [-0.39, 0.29) is 5.92 Å². The number of aliphatic carboxylic acids is 1. The van der Waals surface area contributed by atoms with Gasteiger partial charge in [-0.15, -0.1) is 0 Å². The number of rotatable bonds is 6. The minimum atomic E-state index is -0.675. The summed E-state index contributed by atoms with van der Waals surface area (Å²) in [5.41, 5.74) is 1.31. The number of likely N-dealkylation sites (tertiary alicyclic amines) is 1. The van der Waals surface area contributed by atoms with Crippen molar-refractivity contribution >= 4 is 5.97 Å². The first-order chi connectivity index (χ1) is 10.1. The fourth-order valence-electron chi connectivity index (χ4n) is 3.51. The Morgan fingerprint density at radius 3 is 3.00 bits per heavy atom. The molecule has 1 aromatic heterocycles. The Bertz CT molecular complexity index is 495. The van der Waals surface area contributed by atoms with Crippen LogP contribution in [0.15, 0.2) is 12.5 Å². The van der Waals surface area contributed by atoms with Crippen LogP contribution in [-0.4, -0.2) is 38.6 Å². The molecule has 116 valence electrons. The zero-order valence-corrected chi connectivity index (χ0v) is 12.7. The summed E-state index contributed by atoms with van der Waals surface area (Å²) in [6.07, 6.45) is 9.13. The lowest BCUT2D eigenvalue weighted by Crippen LogP contribution is -2.38. The second kappa shape index (κ2) is 6.18. The van der Waals surface area contributed by atoms with E-state index in [2.05, 4.69) is 21.4 Å². The van der Waals surface area contributed by atoms with Gasteiger partial charge in [-0.1, -0.05) is 6.92 Å². The van der Waals surface area contributed by atoms with Gasteiger partial charge >= 0.3 is 5.97 Å². The first-order valence-corrected chi connectivity index (χ1v) is 8.08. The Morgan fingerprint density at radius 2 is 2.29 bits per heavy atom. The van der Waals surface area contributed by atoms with Gasteiger partial charge in [0.1, 0.15) is 0 Å². The third-order valence-electron chi connectivity index (χ3n) is 4.92. The molecule has 0 bridgehead atoms. The van der Waals surface area contributed by atoms with Crippen LogP contribution >= 0.6 is 0 Å². The molecule has 2 heterocycles. The SMILES string of the molecule is CC(CC(=O)O)C1CCCN(Cc2cncn2C2CC2)C1. The smallest absolute Gasteiger partial charge is 0.303 e. The predicted molar refractivity (Wildman–Crippen MR) is 79.9 cm³/mol. The normalized spacial score (nSPS) is 24.9. The minimum absolute atomic E-state index is 0.263. The largest absolute Gasteiger partial charge is 0.481 e. The molecule has 0 aromatic carbocycles. The maximum atomic E-state index is 10.9. The van der Waals surface area contributed by atoms with Gasteiger partial charge in [0, 0.05) is 31.7 Å². The molecule has 2 aliphatic rings. The molecule has 1 N–H and O–H groups in total. The fraction of sp³-hybridized carbons (Fsp3) is 0.750. The van der Waals surface area contributed by atoms with Crippen molar-refractivity contribution in [3.05, 3.63) is 18.2 Å². The quantitative estimate of drug-likeness (QED) is 0.875. The number of carboxylic acids is 1. The standard InChI is InChI=1S/C16H25N3O2/c1-12(7-16(20)21)13-3-2-6-18(9-13)10-15-8-17-11-19(15)14-4-5-14/h8,11-14H,2-7,9-10H2,1H3,(H,20,21). The Kier molecular flexibility index (Phi) is 4.29. The molecule has 1 aliphatic heterocycles. The molecule has 1 saturated heterocycles. The highest BCUT2D eigenvalue weighted by atomic mass is 16.4. The molecule has 0 amide bonds. The predicted octanol–water partition coefficient (Wildman–Crippen LogP) is 2.54. The van der Waals surface area contributed by atoms with Gasteiger partial charge in [0.25, 0.3) is 0 Å². The van der Waals surface area contributed by atoms with Crippen LogP contribution in [0.5, 0.6) is 0 Å². The molecule has 2 fully saturated rings. The van der Waals surface area contributed by atoms with Gasteiger partial charge in [-0.3, -0.25) is 9.69 Å². The average Bonchev–Trinajstić information content (AvgIpc) is 3.19. The Balaban J connectivity index is 1.58. The summed E-state index contributed by atoms with van der Waals surface area (Å²) in [5.74, 6) is 0.0947. The first kappa shape index (κ1) is 14.6. The zero-order valence-electron chi connectivity index (χ0n) is 12.7. The molecule has 1 aromatic rings. The summed E-state index contributed by atoms with van der Waals surface area (Å²) in [5, 5.41) is 8.97. The van der Waals surface area contributed by atoms with E-state index in [0.717, 1.165) is 26.1 Å². The van der Waals surface area contributed by atoms with E-state index in [1.165, 1.54) is 25.0 Å². The molecule has 21 heavy (non-hydrogen) atoms. The van der Waals surface area contributed by atoms with Gasteiger partial charge in [0.15, 0.2) is 0 Å². The molecular weight excluding hydrogens is 266 g/mol. The highest BCUT2D eigenvalue weighted by molar-refractivity contribution is 5.67. The highest BCUT2D eigenvalue weighted by Crippen LogP contribution is 2.36. The van der Waals surface area contributed by atoms with E-state index in [1.54, 1.807) is 0 Å². The Morgan fingerprint density at radius 1 is 1.48 bits per heavy atom. The van der Waals surface area contributed by atoms with Gasteiger partial charge in [-0.05, 0) is 44.1 Å². The van der Waals surface area contributed by atoms with E-state index in [0.29, 0.717) is 18.4 Å². The third kappa shape index (κ3) is 3.64. The van der Waals surface area contributed by atoms with Gasteiger partial charge in [0.05, 0.1) is 12.0 Å². The maximum Gasteiger partial charge on any atom is 0.303 e. The number of carbonyl (C=O) groups is 1. The van der Waals surface area contributed by atoms with E-state index >= 15 is 0 Å². The van der Waals surface area contributed by atoms with E-state index < -0.39 is 5.97 Å². The van der Waals surface area contributed by atoms with Gasteiger partial charge < -0.3 is 9.67 Å². The lowest BCUT2D eigenvalue weighted by molar-refractivity contribution is -0.138. The first-order valence-electron chi connectivity index (χ1n) is 8.08. The molecule has 5 nitrogen and oxygen atoms in total. The molecular formula is C16H25N3O2. The Hall–Kier alpha value is -1.36. The Labute approximate surface area is 126 Å². The van der Waals surface area contributed by atoms with Crippen LogP contribution in [-0.2, 0) is 11.3 Å². The van der Waals surface area contributed by atoms with Gasteiger partial charge in [-0.2, -0.15) is 0 Å². The van der Waals surface area contributed by atoms with Gasteiger partial charge in [0.2, 0.25) is 0 Å². The fourth-order valence-corrected chi connectivity index (χ4v) is 3.51. The molecule has 2 atom stereocenters. The van der Waals surface area contributed by atoms with Crippen molar-refractivity contribution in [2.75, 3.05) is 13.1 Å². The van der Waals surface area contributed by atoms with E-state index in [9.17, 15) is 4.79 Å². The molecule has 5 heteroatoms. The summed E-state index contributed by atoms with van der Waals surface area (Å²) in [4.78, 5) is 17.7. The van der Waals surface area contributed by atoms with Crippen molar-refractivity contribution in [2.45, 2.75) is 51.6 Å². The summed E-state index contributed by atoms with van der Waals surface area (Å²) in [6.45, 7) is 5.17. The number of hydrogen-bond acceptors (Lipinski definition) is 3. The number of aromatic nitrogens is 2. The summed E-state index contributed by atoms with van der Waals surface area (Å²) < 4.78 is 2.32. The van der Waals surface area contributed by atoms with Gasteiger partial charge in [-0.25, -0.2) is 4.98 Å². The topological polar surface area (TPSA) is 58.4 Å². The number of imidazole rings is 1. The molecule has 0 radical (unpaired) electrons. The highest BCUT2D eigenvalue weighted by Gasteiger charge is 2.28. The average molecular weight is 291 g/mol. The van der Waals surface area contributed by atoms with Crippen LogP contribution < -0.4 is 0 Å². The molecule has 0 spiro atoms. The van der Waals surface area contributed by atoms with E-state index in [1.807, 2.05) is 12.5 Å². The lowest BCUT2D eigenvalue weighted by Gasteiger charge is -2.35. The lowest BCUT2D eigenvalue weighted by atomic mass is 9.84. The molecule has 3 rings (SSSR count). The second-order valence-corrected chi connectivity index (χ2v) is 6.74. The number of nitrogens with zero attached hydrogens (tertiary/aromatic N) is 3. The molecule has 1 aliphatic carbocycles. The van der Waals surface area contributed by atoms with Crippen LogP contribution in [0.25, 0.3) is 0 Å². The van der Waals surface area contributed by atoms with Crippen LogP contribution in [0, 0.1) is 11.8 Å². The molecule has 2 unspecified atom stereocenters.